The Labute approximate surface area is 247 Å². The van der Waals surface area contributed by atoms with Crippen molar-refractivity contribution in [3.05, 3.63) is 118 Å². The minimum absolute atomic E-state index is 0.335. The van der Waals surface area contributed by atoms with Crippen LogP contribution in [-0.4, -0.2) is 24.0 Å². The lowest BCUT2D eigenvalue weighted by Crippen LogP contribution is -2.33. The second kappa shape index (κ2) is 11.6. The van der Waals surface area contributed by atoms with Crippen LogP contribution in [-0.2, 0) is 16.9 Å². The number of ether oxygens (including phenoxy) is 2. The molecule has 0 radical (unpaired) electrons. The zero-order valence-corrected chi connectivity index (χ0v) is 24.3. The molecule has 0 aromatic heterocycles. The summed E-state index contributed by atoms with van der Waals surface area (Å²) in [6.07, 6.45) is 4.71. The van der Waals surface area contributed by atoms with E-state index in [2.05, 4.69) is 42.3 Å². The summed E-state index contributed by atoms with van der Waals surface area (Å²) < 4.78 is 13.0. The molecule has 1 unspecified atom stereocenters. The highest BCUT2D eigenvalue weighted by Gasteiger charge is 2.53. The number of carbonyl (C=O) groups excluding carboxylic acids is 1. The smallest absolute Gasteiger partial charge is 0.340 e. The van der Waals surface area contributed by atoms with Crippen LogP contribution < -0.4 is 10.1 Å². The second-order valence-corrected chi connectivity index (χ2v) is 11.3. The van der Waals surface area contributed by atoms with Crippen molar-refractivity contribution in [2.24, 2.45) is 0 Å². The summed E-state index contributed by atoms with van der Waals surface area (Å²) in [7, 11) is 0. The van der Waals surface area contributed by atoms with Crippen LogP contribution in [0, 0.1) is 0 Å². The van der Waals surface area contributed by atoms with Crippen LogP contribution in [0.15, 0.2) is 84.9 Å². The summed E-state index contributed by atoms with van der Waals surface area (Å²) in [6, 6.07) is 27.5. The van der Waals surface area contributed by atoms with E-state index in [9.17, 15) is 4.79 Å². The molecule has 41 heavy (non-hydrogen) atoms. The highest BCUT2D eigenvalue weighted by Crippen LogP contribution is 2.56. The van der Waals surface area contributed by atoms with Gasteiger partial charge in [0.1, 0.15) is 11.5 Å². The molecule has 0 saturated carbocycles. The number of benzene rings is 4. The summed E-state index contributed by atoms with van der Waals surface area (Å²) in [5.41, 5.74) is 4.70. The van der Waals surface area contributed by atoms with Gasteiger partial charge in [-0.3, -0.25) is 4.90 Å². The van der Waals surface area contributed by atoms with Crippen molar-refractivity contribution in [3.63, 3.8) is 0 Å². The van der Waals surface area contributed by atoms with E-state index in [1.807, 2.05) is 66.7 Å². The zero-order valence-electron chi connectivity index (χ0n) is 23.6. The standard InChI is InChI=1S/C35H35ClN2O3/c1-3-5-19-38(20-6-4-2)23-24-15-17-28-33(21-24)40-32-18-16-25(37-31-14-10-9-13-30(31)36)22-29(32)35(28)27-12-8-7-11-26(27)34(39)41-35/h7-18,21-22,37H,3-6,19-20,23H2,1-2H3. The Hall–Kier alpha value is -3.80. The Bertz CT molecular complexity index is 1580. The molecule has 2 aliphatic rings. The van der Waals surface area contributed by atoms with Crippen molar-refractivity contribution >= 4 is 28.9 Å². The average Bonchev–Trinajstić information content (AvgIpc) is 3.28. The fraction of sp³-hybridized carbons (Fsp3) is 0.286. The van der Waals surface area contributed by atoms with Crippen LogP contribution in [0.2, 0.25) is 5.02 Å². The van der Waals surface area contributed by atoms with Crippen LogP contribution in [0.1, 0.15) is 72.1 Å². The van der Waals surface area contributed by atoms with Crippen LogP contribution in [0.4, 0.5) is 11.4 Å². The van der Waals surface area contributed by atoms with Gasteiger partial charge in [0.2, 0.25) is 0 Å². The fourth-order valence-electron chi connectivity index (χ4n) is 5.90. The monoisotopic (exact) mass is 566 g/mol. The molecule has 1 spiro atoms. The lowest BCUT2D eigenvalue weighted by molar-refractivity contribution is 0.0224. The zero-order chi connectivity index (χ0) is 28.4. The van der Waals surface area contributed by atoms with Crippen molar-refractivity contribution in [1.82, 2.24) is 4.90 Å². The van der Waals surface area contributed by atoms with Gasteiger partial charge in [-0.05, 0) is 74.0 Å². The molecule has 0 bridgehead atoms. The molecule has 6 rings (SSSR count). The summed E-state index contributed by atoms with van der Waals surface area (Å²) in [4.78, 5) is 15.8. The molecule has 210 valence electrons. The van der Waals surface area contributed by atoms with E-state index in [1.165, 1.54) is 31.2 Å². The van der Waals surface area contributed by atoms with E-state index in [1.54, 1.807) is 0 Å². The normalized spacial score (nSPS) is 16.6. The first-order valence-electron chi connectivity index (χ1n) is 14.6. The topological polar surface area (TPSA) is 50.8 Å². The molecule has 4 aromatic carbocycles. The number of halogens is 1. The van der Waals surface area contributed by atoms with Gasteiger partial charge in [-0.25, -0.2) is 4.79 Å². The van der Waals surface area contributed by atoms with Crippen molar-refractivity contribution in [1.29, 1.82) is 0 Å². The fourth-order valence-corrected chi connectivity index (χ4v) is 6.09. The number of fused-ring (bicyclic) bond motifs is 6. The van der Waals surface area contributed by atoms with Gasteiger partial charge < -0.3 is 14.8 Å². The van der Waals surface area contributed by atoms with E-state index in [-0.39, 0.29) is 5.97 Å². The minimum Gasteiger partial charge on any atom is -0.456 e. The van der Waals surface area contributed by atoms with Gasteiger partial charge in [0.05, 0.1) is 16.3 Å². The number of nitrogens with one attached hydrogen (secondary N) is 1. The molecule has 0 fully saturated rings. The van der Waals surface area contributed by atoms with E-state index in [4.69, 9.17) is 21.1 Å². The number of para-hydroxylation sites is 1. The number of unbranched alkanes of at least 4 members (excludes halogenated alkanes) is 2. The molecular formula is C35H35ClN2O3. The highest BCUT2D eigenvalue weighted by molar-refractivity contribution is 6.33. The van der Waals surface area contributed by atoms with Gasteiger partial charge in [-0.15, -0.1) is 0 Å². The SMILES string of the molecule is CCCCN(CCCC)Cc1ccc2c(c1)Oc1ccc(Nc3ccccc3Cl)cc1C21OC(=O)c2ccccc21. The van der Waals surface area contributed by atoms with Gasteiger partial charge in [-0.1, -0.05) is 80.8 Å². The molecule has 4 aromatic rings. The third kappa shape index (κ3) is 5.09. The van der Waals surface area contributed by atoms with Crippen LogP contribution in [0.25, 0.3) is 0 Å². The van der Waals surface area contributed by atoms with E-state index in [0.29, 0.717) is 16.3 Å². The maximum Gasteiger partial charge on any atom is 0.340 e. The highest BCUT2D eigenvalue weighted by atomic mass is 35.5. The number of esters is 1. The maximum absolute atomic E-state index is 13.3. The summed E-state index contributed by atoms with van der Waals surface area (Å²) >= 11 is 6.44. The number of rotatable bonds is 10. The number of hydrogen-bond donors (Lipinski definition) is 1. The molecule has 1 N–H and O–H groups in total. The lowest BCUT2D eigenvalue weighted by atomic mass is 9.77. The molecular weight excluding hydrogens is 532 g/mol. The first-order chi connectivity index (χ1) is 20.0. The van der Waals surface area contributed by atoms with Gasteiger partial charge >= 0.3 is 5.97 Å². The molecule has 1 atom stereocenters. The molecule has 6 heteroatoms. The molecule has 0 saturated heterocycles. The van der Waals surface area contributed by atoms with Crippen molar-refractivity contribution in [2.45, 2.75) is 51.7 Å². The van der Waals surface area contributed by atoms with Crippen molar-refractivity contribution < 1.29 is 14.3 Å². The van der Waals surface area contributed by atoms with E-state index in [0.717, 1.165) is 53.4 Å². The Morgan fingerprint density at radius 1 is 0.805 bits per heavy atom. The Morgan fingerprint density at radius 3 is 2.34 bits per heavy atom. The molecule has 2 heterocycles. The number of anilines is 2. The Morgan fingerprint density at radius 2 is 1.56 bits per heavy atom. The molecule has 2 aliphatic heterocycles. The van der Waals surface area contributed by atoms with Crippen molar-refractivity contribution in [2.75, 3.05) is 18.4 Å². The number of nitrogens with zero attached hydrogens (tertiary/aromatic N) is 1. The lowest BCUT2D eigenvalue weighted by Gasteiger charge is -2.37. The van der Waals surface area contributed by atoms with Crippen LogP contribution >= 0.6 is 11.6 Å². The maximum atomic E-state index is 13.3. The molecule has 0 aliphatic carbocycles. The Kier molecular flexibility index (Phi) is 7.74. The first-order valence-corrected chi connectivity index (χ1v) is 14.9. The largest absolute Gasteiger partial charge is 0.456 e. The Balaban J connectivity index is 1.43. The van der Waals surface area contributed by atoms with Gasteiger partial charge in [0, 0.05) is 28.9 Å². The molecule has 0 amide bonds. The van der Waals surface area contributed by atoms with Gasteiger partial charge in [-0.2, -0.15) is 0 Å². The minimum atomic E-state index is -1.11. The third-order valence-electron chi connectivity index (χ3n) is 7.99. The predicted octanol–water partition coefficient (Wildman–Crippen LogP) is 9.05. The molecule has 5 nitrogen and oxygen atoms in total. The second-order valence-electron chi connectivity index (χ2n) is 10.8. The quantitative estimate of drug-likeness (QED) is 0.194. The summed E-state index contributed by atoms with van der Waals surface area (Å²) in [5.74, 6) is 1.05. The summed E-state index contributed by atoms with van der Waals surface area (Å²) in [5, 5.41) is 4.04. The average molecular weight is 567 g/mol. The van der Waals surface area contributed by atoms with E-state index < -0.39 is 5.60 Å². The van der Waals surface area contributed by atoms with Crippen molar-refractivity contribution in [3.8, 4) is 11.5 Å². The number of carbonyl (C=O) groups is 1. The predicted molar refractivity (Wildman–Crippen MR) is 165 cm³/mol. The summed E-state index contributed by atoms with van der Waals surface area (Å²) in [6.45, 7) is 7.48. The number of hydrogen-bond acceptors (Lipinski definition) is 5. The van der Waals surface area contributed by atoms with E-state index >= 15 is 0 Å². The van der Waals surface area contributed by atoms with Crippen LogP contribution in [0.3, 0.4) is 0 Å². The third-order valence-corrected chi connectivity index (χ3v) is 8.32. The first kappa shape index (κ1) is 27.4. The van der Waals surface area contributed by atoms with Gasteiger partial charge in [0.25, 0.3) is 0 Å². The van der Waals surface area contributed by atoms with Gasteiger partial charge in [0.15, 0.2) is 5.60 Å². The van der Waals surface area contributed by atoms with Crippen LogP contribution in [0.5, 0.6) is 11.5 Å².